The Labute approximate surface area is 185 Å². The predicted molar refractivity (Wildman–Crippen MR) is 112 cm³/mol. The van der Waals surface area contributed by atoms with E-state index in [2.05, 4.69) is 0 Å². The average Bonchev–Trinajstić information content (AvgIpc) is 2.80. The fourth-order valence-electron chi connectivity index (χ4n) is 2.51. The molecule has 0 amide bonds. The average molecular weight is 450 g/mol. The lowest BCUT2D eigenvalue weighted by molar-refractivity contribution is 0.0840. The lowest BCUT2D eigenvalue weighted by Crippen LogP contribution is -2.14. The molecule has 10 nitrogen and oxygen atoms in total. The van der Waals surface area contributed by atoms with Gasteiger partial charge in [-0.3, -0.25) is 0 Å². The van der Waals surface area contributed by atoms with Crippen molar-refractivity contribution in [3.63, 3.8) is 0 Å². The van der Waals surface area contributed by atoms with Gasteiger partial charge in [0, 0.05) is 24.3 Å². The molecular formula is C22H26O10. The second-order valence-corrected chi connectivity index (χ2v) is 6.33. The Morgan fingerprint density at radius 3 is 1.47 bits per heavy atom. The number of carbonyl (C=O) groups excluding carboxylic acids is 2. The summed E-state index contributed by atoms with van der Waals surface area (Å²) in [6.07, 6.45) is -0.889. The zero-order chi connectivity index (χ0) is 23.3. The Balaban J connectivity index is 1.66. The van der Waals surface area contributed by atoms with Gasteiger partial charge in [0.2, 0.25) is 0 Å². The summed E-state index contributed by atoms with van der Waals surface area (Å²) in [6.45, 7) is -0.0777. The summed E-state index contributed by atoms with van der Waals surface area (Å²) < 4.78 is 35.4. The largest absolute Gasteiger partial charge is 0.513 e. The molecule has 0 aromatic heterocycles. The fraction of sp³-hybridized carbons (Fsp3) is 0.364. The number of unbranched alkanes of at least 4 members (excludes halogenated alkanes) is 1. The maximum atomic E-state index is 11.8. The molecule has 1 N–H and O–H groups in total. The zero-order valence-electron chi connectivity index (χ0n) is 18.1. The van der Waals surface area contributed by atoms with Crippen LogP contribution in [0, 0.1) is 0 Å². The lowest BCUT2D eigenvalue weighted by atomic mass is 10.2. The quantitative estimate of drug-likeness (QED) is 0.308. The zero-order valence-corrected chi connectivity index (χ0v) is 18.1. The highest BCUT2D eigenvalue weighted by Crippen LogP contribution is 2.27. The Hall–Kier alpha value is -3.66. The van der Waals surface area contributed by atoms with E-state index < -0.39 is 12.3 Å². The van der Waals surface area contributed by atoms with Crippen molar-refractivity contribution >= 4 is 12.3 Å². The molecule has 0 radical (unpaired) electrons. The minimum atomic E-state index is -0.894. The van der Waals surface area contributed by atoms with Crippen LogP contribution in [0.2, 0.25) is 0 Å². The number of hydrogen-bond acceptors (Lipinski definition) is 10. The summed E-state index contributed by atoms with van der Waals surface area (Å²) in [5, 5.41) is 9.23. The molecule has 0 fully saturated rings. The third kappa shape index (κ3) is 8.23. The Morgan fingerprint density at radius 2 is 1.03 bits per heavy atom. The van der Waals surface area contributed by atoms with Gasteiger partial charge in [0.1, 0.15) is 28.7 Å². The van der Waals surface area contributed by atoms with Crippen LogP contribution in [-0.4, -0.2) is 52.0 Å². The number of benzene rings is 2. The van der Waals surface area contributed by atoms with Crippen LogP contribution in [0.15, 0.2) is 36.4 Å². The summed E-state index contributed by atoms with van der Waals surface area (Å²) in [4.78, 5) is 23.6. The minimum Gasteiger partial charge on any atom is -0.497 e. The summed E-state index contributed by atoms with van der Waals surface area (Å²) >= 11 is 0. The Morgan fingerprint density at radius 1 is 0.656 bits per heavy atom. The van der Waals surface area contributed by atoms with E-state index in [-0.39, 0.29) is 31.3 Å². The Kier molecular flexibility index (Phi) is 9.92. The molecule has 0 atom stereocenters. The van der Waals surface area contributed by atoms with Crippen molar-refractivity contribution in [3.05, 3.63) is 42.0 Å². The van der Waals surface area contributed by atoms with Gasteiger partial charge >= 0.3 is 12.3 Å². The molecular weight excluding hydrogens is 424 g/mol. The van der Waals surface area contributed by atoms with Gasteiger partial charge in [-0.1, -0.05) is 0 Å². The number of carbonyl (C=O) groups is 2. The van der Waals surface area contributed by atoms with Gasteiger partial charge in [0.25, 0.3) is 0 Å². The van der Waals surface area contributed by atoms with Gasteiger partial charge < -0.3 is 38.3 Å². The molecule has 0 unspecified atom stereocenters. The first kappa shape index (κ1) is 24.6. The summed E-state index contributed by atoms with van der Waals surface area (Å²) in [6, 6.07) is 9.31. The van der Waals surface area contributed by atoms with Crippen molar-refractivity contribution in [1.29, 1.82) is 0 Å². The van der Waals surface area contributed by atoms with E-state index >= 15 is 0 Å². The highest BCUT2D eigenvalue weighted by atomic mass is 16.7. The van der Waals surface area contributed by atoms with Crippen molar-refractivity contribution < 1.29 is 47.9 Å². The molecule has 10 heteroatoms. The molecule has 0 heterocycles. The first-order chi connectivity index (χ1) is 15.5. The SMILES string of the molecule is COc1cc(CO)cc(OC(=O)OCCCCOC(=O)Oc2cc(OC)cc(OC)c2)c1. The normalized spacial score (nSPS) is 10.1. The molecule has 0 aliphatic heterocycles. The molecule has 0 aliphatic rings. The van der Waals surface area contributed by atoms with Gasteiger partial charge in [-0.05, 0) is 30.5 Å². The number of aliphatic hydroxyl groups excluding tert-OH is 1. The van der Waals surface area contributed by atoms with Crippen LogP contribution in [0.5, 0.6) is 28.7 Å². The van der Waals surface area contributed by atoms with Crippen molar-refractivity contribution in [2.24, 2.45) is 0 Å². The highest BCUT2D eigenvalue weighted by Gasteiger charge is 2.11. The molecule has 2 rings (SSSR count). The highest BCUT2D eigenvalue weighted by molar-refractivity contribution is 5.65. The standard InChI is InChI=1S/C22H26O10/c1-26-16-8-15(14-23)9-19(11-16)31-21(24)29-6-4-5-7-30-22(25)32-20-12-17(27-2)10-18(13-20)28-3/h8-13,23H,4-7,14H2,1-3H3. The van der Waals surface area contributed by atoms with Gasteiger partial charge in [-0.2, -0.15) is 0 Å². The molecule has 0 saturated heterocycles. The van der Waals surface area contributed by atoms with Gasteiger partial charge in [0.05, 0.1) is 41.2 Å². The molecule has 0 bridgehead atoms. The van der Waals surface area contributed by atoms with E-state index in [4.69, 9.17) is 33.2 Å². The number of hydrogen-bond donors (Lipinski definition) is 1. The molecule has 2 aromatic rings. The maximum absolute atomic E-state index is 11.8. The first-order valence-electron chi connectivity index (χ1n) is 9.68. The van der Waals surface area contributed by atoms with Crippen molar-refractivity contribution in [2.45, 2.75) is 19.4 Å². The van der Waals surface area contributed by atoms with Gasteiger partial charge in [-0.15, -0.1) is 0 Å². The van der Waals surface area contributed by atoms with Crippen LogP contribution < -0.4 is 23.7 Å². The topological polar surface area (TPSA) is 119 Å². The molecule has 174 valence electrons. The second-order valence-electron chi connectivity index (χ2n) is 6.33. The molecule has 32 heavy (non-hydrogen) atoms. The lowest BCUT2D eigenvalue weighted by Gasteiger charge is -2.10. The minimum absolute atomic E-state index is 0.0706. The monoisotopic (exact) mass is 450 g/mol. The summed E-state index contributed by atoms with van der Waals surface area (Å²) in [5.41, 5.74) is 0.531. The number of methoxy groups -OCH3 is 3. The maximum Gasteiger partial charge on any atom is 0.513 e. The fourth-order valence-corrected chi connectivity index (χ4v) is 2.51. The van der Waals surface area contributed by atoms with Crippen molar-refractivity contribution in [2.75, 3.05) is 34.5 Å². The molecule has 2 aromatic carbocycles. The van der Waals surface area contributed by atoms with Gasteiger partial charge in [-0.25, -0.2) is 9.59 Å². The van der Waals surface area contributed by atoms with Crippen LogP contribution in [0.4, 0.5) is 9.59 Å². The summed E-state index contributed by atoms with van der Waals surface area (Å²) in [7, 11) is 4.43. The smallest absolute Gasteiger partial charge is 0.497 e. The van der Waals surface area contributed by atoms with E-state index in [0.717, 1.165) is 0 Å². The third-order valence-corrected chi connectivity index (χ3v) is 4.06. The van der Waals surface area contributed by atoms with Crippen LogP contribution in [0.1, 0.15) is 18.4 Å². The first-order valence-corrected chi connectivity index (χ1v) is 9.68. The van der Waals surface area contributed by atoms with Crippen molar-refractivity contribution in [3.8, 4) is 28.7 Å². The van der Waals surface area contributed by atoms with E-state index in [0.29, 0.717) is 35.7 Å². The van der Waals surface area contributed by atoms with Crippen molar-refractivity contribution in [1.82, 2.24) is 0 Å². The summed E-state index contributed by atoms with van der Waals surface area (Å²) in [5.74, 6) is 1.80. The van der Waals surface area contributed by atoms with E-state index in [1.807, 2.05) is 0 Å². The molecule has 0 aliphatic carbocycles. The molecule has 0 saturated carbocycles. The van der Waals surface area contributed by atoms with E-state index in [9.17, 15) is 14.7 Å². The predicted octanol–water partition coefficient (Wildman–Crippen LogP) is 3.72. The van der Waals surface area contributed by atoms with Crippen LogP contribution in [-0.2, 0) is 16.1 Å². The number of rotatable bonds is 11. The number of aliphatic hydroxyl groups is 1. The van der Waals surface area contributed by atoms with Crippen LogP contribution >= 0.6 is 0 Å². The van der Waals surface area contributed by atoms with E-state index in [1.165, 1.54) is 45.6 Å². The second kappa shape index (κ2) is 12.9. The van der Waals surface area contributed by atoms with E-state index in [1.54, 1.807) is 12.1 Å². The molecule has 0 spiro atoms. The van der Waals surface area contributed by atoms with Gasteiger partial charge in [0.15, 0.2) is 0 Å². The van der Waals surface area contributed by atoms with Crippen LogP contribution in [0.3, 0.4) is 0 Å². The Bertz CT molecular complexity index is 778. The number of ether oxygens (including phenoxy) is 7. The third-order valence-electron chi connectivity index (χ3n) is 4.06. The van der Waals surface area contributed by atoms with Crippen LogP contribution in [0.25, 0.3) is 0 Å².